The van der Waals surface area contributed by atoms with Crippen molar-refractivity contribution >= 4 is 5.91 Å². The van der Waals surface area contributed by atoms with Gasteiger partial charge in [-0.25, -0.2) is 4.39 Å². The van der Waals surface area contributed by atoms with Crippen LogP contribution in [0.3, 0.4) is 0 Å². The fourth-order valence-corrected chi connectivity index (χ4v) is 2.79. The van der Waals surface area contributed by atoms with Gasteiger partial charge < -0.3 is 15.7 Å². The van der Waals surface area contributed by atoms with Gasteiger partial charge in [0.25, 0.3) is 5.91 Å². The second-order valence-corrected chi connectivity index (χ2v) is 5.61. The SMILES string of the molecule is CCCNC1CCC(NC(=O)c2c(O)cccc2F)CC1. The molecule has 0 radical (unpaired) electrons. The number of rotatable bonds is 5. The number of carbonyl (C=O) groups is 1. The van der Waals surface area contributed by atoms with Gasteiger partial charge in [-0.3, -0.25) is 4.79 Å². The molecule has 5 heteroatoms. The minimum absolute atomic E-state index is 0.0520. The highest BCUT2D eigenvalue weighted by atomic mass is 19.1. The molecule has 2 rings (SSSR count). The molecule has 1 aromatic carbocycles. The largest absolute Gasteiger partial charge is 0.507 e. The number of hydrogen-bond acceptors (Lipinski definition) is 3. The Hall–Kier alpha value is -1.62. The maximum Gasteiger partial charge on any atom is 0.258 e. The minimum atomic E-state index is -0.689. The molecule has 0 spiro atoms. The van der Waals surface area contributed by atoms with Crippen LogP contribution in [0.4, 0.5) is 4.39 Å². The third kappa shape index (κ3) is 4.17. The number of nitrogens with one attached hydrogen (secondary N) is 2. The van der Waals surface area contributed by atoms with Crippen molar-refractivity contribution in [3.8, 4) is 5.75 Å². The highest BCUT2D eigenvalue weighted by Crippen LogP contribution is 2.22. The minimum Gasteiger partial charge on any atom is -0.507 e. The molecular formula is C16H23FN2O2. The molecule has 1 aromatic rings. The van der Waals surface area contributed by atoms with Crippen molar-refractivity contribution in [3.63, 3.8) is 0 Å². The van der Waals surface area contributed by atoms with Crippen molar-refractivity contribution in [2.24, 2.45) is 0 Å². The van der Waals surface area contributed by atoms with Gasteiger partial charge in [0.05, 0.1) is 0 Å². The number of phenolic OH excluding ortho intramolecular Hbond substituents is 1. The molecule has 3 N–H and O–H groups in total. The monoisotopic (exact) mass is 294 g/mol. The predicted molar refractivity (Wildman–Crippen MR) is 79.9 cm³/mol. The van der Waals surface area contributed by atoms with Crippen LogP contribution in [0.15, 0.2) is 18.2 Å². The van der Waals surface area contributed by atoms with Crippen molar-refractivity contribution in [2.75, 3.05) is 6.54 Å². The molecule has 0 saturated heterocycles. The van der Waals surface area contributed by atoms with Crippen LogP contribution in [-0.2, 0) is 0 Å². The van der Waals surface area contributed by atoms with Gasteiger partial charge in [-0.15, -0.1) is 0 Å². The Balaban J connectivity index is 1.87. The lowest BCUT2D eigenvalue weighted by molar-refractivity contribution is 0.0917. The number of phenols is 1. The maximum absolute atomic E-state index is 13.6. The van der Waals surface area contributed by atoms with E-state index in [1.165, 1.54) is 18.2 Å². The van der Waals surface area contributed by atoms with E-state index in [4.69, 9.17) is 0 Å². The summed E-state index contributed by atoms with van der Waals surface area (Å²) in [7, 11) is 0. The first-order valence-corrected chi connectivity index (χ1v) is 7.63. The third-order valence-electron chi connectivity index (χ3n) is 3.96. The van der Waals surface area contributed by atoms with Crippen LogP contribution in [0.25, 0.3) is 0 Å². The second kappa shape index (κ2) is 7.41. The summed E-state index contributed by atoms with van der Waals surface area (Å²) in [5.74, 6) is -1.54. The van der Waals surface area contributed by atoms with Crippen LogP contribution in [0.5, 0.6) is 5.75 Å². The Kier molecular flexibility index (Phi) is 5.56. The first-order valence-electron chi connectivity index (χ1n) is 7.63. The maximum atomic E-state index is 13.6. The summed E-state index contributed by atoms with van der Waals surface area (Å²) in [6.07, 6.45) is 4.89. The quantitative estimate of drug-likeness (QED) is 0.782. The zero-order valence-electron chi connectivity index (χ0n) is 12.4. The van der Waals surface area contributed by atoms with Gasteiger partial charge in [0, 0.05) is 12.1 Å². The van der Waals surface area contributed by atoms with Crippen LogP contribution >= 0.6 is 0 Å². The summed E-state index contributed by atoms with van der Waals surface area (Å²) >= 11 is 0. The zero-order valence-corrected chi connectivity index (χ0v) is 12.4. The third-order valence-corrected chi connectivity index (χ3v) is 3.96. The van der Waals surface area contributed by atoms with Crippen molar-refractivity contribution in [3.05, 3.63) is 29.6 Å². The predicted octanol–water partition coefficient (Wildman–Crippen LogP) is 2.57. The van der Waals surface area contributed by atoms with Crippen molar-refractivity contribution in [1.82, 2.24) is 10.6 Å². The van der Waals surface area contributed by atoms with Crippen LogP contribution in [0.1, 0.15) is 49.4 Å². The number of aromatic hydroxyl groups is 1. The lowest BCUT2D eigenvalue weighted by Gasteiger charge is -2.29. The Morgan fingerprint density at radius 1 is 1.29 bits per heavy atom. The molecule has 1 aliphatic carbocycles. The number of amides is 1. The molecule has 0 unspecified atom stereocenters. The van der Waals surface area contributed by atoms with E-state index in [2.05, 4.69) is 17.6 Å². The summed E-state index contributed by atoms with van der Waals surface area (Å²) in [5, 5.41) is 15.9. The van der Waals surface area contributed by atoms with E-state index in [1.54, 1.807) is 0 Å². The van der Waals surface area contributed by atoms with E-state index < -0.39 is 11.7 Å². The van der Waals surface area contributed by atoms with Gasteiger partial charge in [-0.1, -0.05) is 13.0 Å². The highest BCUT2D eigenvalue weighted by molar-refractivity contribution is 5.97. The Bertz CT molecular complexity index is 465. The standard InChI is InChI=1S/C16H23FN2O2/c1-2-10-18-11-6-8-12(9-7-11)19-16(21)15-13(17)4-3-5-14(15)20/h3-5,11-12,18,20H,2,6-10H2,1H3,(H,19,21). The van der Waals surface area contributed by atoms with Gasteiger partial charge in [-0.2, -0.15) is 0 Å². The lowest BCUT2D eigenvalue weighted by Crippen LogP contribution is -2.42. The van der Waals surface area contributed by atoms with Gasteiger partial charge in [0.1, 0.15) is 17.1 Å². The molecule has 0 heterocycles. The molecule has 0 aromatic heterocycles. The van der Waals surface area contributed by atoms with Gasteiger partial charge in [0.2, 0.25) is 0 Å². The molecule has 21 heavy (non-hydrogen) atoms. The number of carbonyl (C=O) groups excluding carboxylic acids is 1. The normalized spacial score (nSPS) is 22.0. The Morgan fingerprint density at radius 2 is 1.95 bits per heavy atom. The highest BCUT2D eigenvalue weighted by Gasteiger charge is 2.24. The second-order valence-electron chi connectivity index (χ2n) is 5.61. The topological polar surface area (TPSA) is 61.4 Å². The Morgan fingerprint density at radius 3 is 2.57 bits per heavy atom. The first-order chi connectivity index (χ1) is 10.1. The molecule has 0 aliphatic heterocycles. The van der Waals surface area contributed by atoms with Crippen molar-refractivity contribution in [2.45, 2.75) is 51.1 Å². The summed E-state index contributed by atoms with van der Waals surface area (Å²) in [4.78, 5) is 12.1. The van der Waals surface area contributed by atoms with Crippen LogP contribution in [0.2, 0.25) is 0 Å². The number of halogens is 1. The number of hydrogen-bond donors (Lipinski definition) is 3. The van der Waals surface area contributed by atoms with Crippen LogP contribution < -0.4 is 10.6 Å². The average Bonchev–Trinajstić information content (AvgIpc) is 2.46. The molecule has 1 fully saturated rings. The lowest BCUT2D eigenvalue weighted by atomic mass is 9.91. The van der Waals surface area contributed by atoms with E-state index in [0.29, 0.717) is 6.04 Å². The van der Waals surface area contributed by atoms with E-state index in [0.717, 1.165) is 38.6 Å². The van der Waals surface area contributed by atoms with E-state index in [-0.39, 0.29) is 17.4 Å². The smallest absolute Gasteiger partial charge is 0.258 e. The molecule has 0 atom stereocenters. The van der Waals surface area contributed by atoms with Gasteiger partial charge in [-0.05, 0) is 50.8 Å². The zero-order chi connectivity index (χ0) is 15.2. The molecule has 116 valence electrons. The molecule has 0 bridgehead atoms. The summed E-state index contributed by atoms with van der Waals surface area (Å²) in [5.41, 5.74) is -0.260. The molecular weight excluding hydrogens is 271 g/mol. The average molecular weight is 294 g/mol. The Labute approximate surface area is 124 Å². The fourth-order valence-electron chi connectivity index (χ4n) is 2.79. The summed E-state index contributed by atoms with van der Waals surface area (Å²) in [6.45, 7) is 3.16. The molecule has 1 aliphatic rings. The van der Waals surface area contributed by atoms with Crippen LogP contribution in [-0.4, -0.2) is 29.6 Å². The number of benzene rings is 1. The fraction of sp³-hybridized carbons (Fsp3) is 0.562. The van der Waals surface area contributed by atoms with Gasteiger partial charge >= 0.3 is 0 Å². The summed E-state index contributed by atoms with van der Waals surface area (Å²) < 4.78 is 13.6. The van der Waals surface area contributed by atoms with Gasteiger partial charge in [0.15, 0.2) is 0 Å². The molecule has 1 amide bonds. The van der Waals surface area contributed by atoms with Crippen molar-refractivity contribution < 1.29 is 14.3 Å². The first kappa shape index (κ1) is 15.8. The van der Waals surface area contributed by atoms with E-state index in [1.807, 2.05) is 0 Å². The molecule has 1 saturated carbocycles. The van der Waals surface area contributed by atoms with E-state index in [9.17, 15) is 14.3 Å². The molecule has 4 nitrogen and oxygen atoms in total. The van der Waals surface area contributed by atoms with Crippen molar-refractivity contribution in [1.29, 1.82) is 0 Å². The summed E-state index contributed by atoms with van der Waals surface area (Å²) in [6, 6.07) is 4.45. The van der Waals surface area contributed by atoms with E-state index >= 15 is 0 Å². The van der Waals surface area contributed by atoms with Crippen LogP contribution in [0, 0.1) is 5.82 Å².